The SMILES string of the molecule is CSCC[C@@H](N)C(=O)Nc1cc(C)c(O)cc1C. The standard InChI is InChI=1S/C13H20N2O2S/c1-8-7-12(16)9(2)6-11(8)15-13(17)10(14)4-5-18-3/h6-7,10,16H,4-5,14H2,1-3H3,(H,15,17)/t10-/m1/s1. The molecule has 0 aromatic heterocycles. The highest BCUT2D eigenvalue weighted by Gasteiger charge is 2.14. The van der Waals surface area contributed by atoms with Crippen molar-refractivity contribution < 1.29 is 9.90 Å². The molecule has 100 valence electrons. The van der Waals surface area contributed by atoms with Gasteiger partial charge < -0.3 is 16.2 Å². The molecule has 1 amide bonds. The molecule has 1 aromatic carbocycles. The van der Waals surface area contributed by atoms with Gasteiger partial charge in [0.15, 0.2) is 0 Å². The Hall–Kier alpha value is -1.20. The molecule has 0 saturated heterocycles. The largest absolute Gasteiger partial charge is 0.508 e. The molecule has 0 radical (unpaired) electrons. The van der Waals surface area contributed by atoms with Crippen molar-refractivity contribution in [1.29, 1.82) is 0 Å². The molecule has 0 bridgehead atoms. The maximum Gasteiger partial charge on any atom is 0.241 e. The van der Waals surface area contributed by atoms with E-state index in [1.807, 2.05) is 13.2 Å². The second-order valence-corrected chi connectivity index (χ2v) is 5.32. The number of aromatic hydroxyl groups is 1. The monoisotopic (exact) mass is 268 g/mol. The Balaban J connectivity index is 2.72. The first-order valence-corrected chi connectivity index (χ1v) is 7.20. The third-order valence-corrected chi connectivity index (χ3v) is 3.41. The van der Waals surface area contributed by atoms with Crippen LogP contribution >= 0.6 is 11.8 Å². The number of amides is 1. The lowest BCUT2D eigenvalue weighted by atomic mass is 10.1. The second-order valence-electron chi connectivity index (χ2n) is 4.33. The minimum absolute atomic E-state index is 0.183. The van der Waals surface area contributed by atoms with Crippen molar-refractivity contribution in [2.45, 2.75) is 26.3 Å². The van der Waals surface area contributed by atoms with Crippen LogP contribution in [-0.2, 0) is 4.79 Å². The van der Waals surface area contributed by atoms with Crippen LogP contribution in [-0.4, -0.2) is 29.1 Å². The van der Waals surface area contributed by atoms with E-state index in [-0.39, 0.29) is 11.7 Å². The molecule has 1 rings (SSSR count). The van der Waals surface area contributed by atoms with Crippen molar-refractivity contribution in [1.82, 2.24) is 0 Å². The number of phenolic OH excluding ortho intramolecular Hbond substituents is 1. The zero-order chi connectivity index (χ0) is 13.7. The third kappa shape index (κ3) is 3.92. The average molecular weight is 268 g/mol. The highest BCUT2D eigenvalue weighted by atomic mass is 32.2. The lowest BCUT2D eigenvalue weighted by Crippen LogP contribution is -2.36. The third-order valence-electron chi connectivity index (χ3n) is 2.77. The highest BCUT2D eigenvalue weighted by Crippen LogP contribution is 2.25. The molecule has 4 nitrogen and oxygen atoms in total. The number of phenols is 1. The van der Waals surface area contributed by atoms with Crippen molar-refractivity contribution in [2.24, 2.45) is 5.73 Å². The van der Waals surface area contributed by atoms with Crippen molar-refractivity contribution in [3.05, 3.63) is 23.3 Å². The van der Waals surface area contributed by atoms with E-state index in [1.54, 1.807) is 30.8 Å². The van der Waals surface area contributed by atoms with Gasteiger partial charge in [0.1, 0.15) is 5.75 Å². The fourth-order valence-corrected chi connectivity index (χ4v) is 2.03. The van der Waals surface area contributed by atoms with Crippen LogP contribution in [0.2, 0.25) is 0 Å². The predicted molar refractivity (Wildman–Crippen MR) is 77.2 cm³/mol. The van der Waals surface area contributed by atoms with Gasteiger partial charge in [-0.25, -0.2) is 0 Å². The van der Waals surface area contributed by atoms with E-state index in [0.29, 0.717) is 12.1 Å². The fourth-order valence-electron chi connectivity index (χ4n) is 1.54. The second kappa shape index (κ2) is 6.66. The van der Waals surface area contributed by atoms with E-state index in [1.165, 1.54) is 0 Å². The maximum atomic E-state index is 11.9. The first kappa shape index (κ1) is 14.9. The molecule has 0 fully saturated rings. The van der Waals surface area contributed by atoms with Gasteiger partial charge in [-0.05, 0) is 55.5 Å². The molecule has 4 N–H and O–H groups in total. The Labute approximate surface area is 112 Å². The molecular formula is C13H20N2O2S. The van der Waals surface area contributed by atoms with Gasteiger partial charge in [0.25, 0.3) is 0 Å². The van der Waals surface area contributed by atoms with Gasteiger partial charge in [0, 0.05) is 5.69 Å². The summed E-state index contributed by atoms with van der Waals surface area (Å²) < 4.78 is 0. The van der Waals surface area contributed by atoms with Gasteiger partial charge in [-0.1, -0.05) is 0 Å². The predicted octanol–water partition coefficient (Wildman–Crippen LogP) is 2.03. The lowest BCUT2D eigenvalue weighted by Gasteiger charge is -2.14. The summed E-state index contributed by atoms with van der Waals surface area (Å²) in [6.07, 6.45) is 2.64. The van der Waals surface area contributed by atoms with Crippen LogP contribution in [0.15, 0.2) is 12.1 Å². The van der Waals surface area contributed by atoms with E-state index >= 15 is 0 Å². The minimum Gasteiger partial charge on any atom is -0.508 e. The molecule has 1 aromatic rings. The van der Waals surface area contributed by atoms with Crippen molar-refractivity contribution >= 4 is 23.4 Å². The van der Waals surface area contributed by atoms with Gasteiger partial charge in [-0.2, -0.15) is 11.8 Å². The topological polar surface area (TPSA) is 75.4 Å². The van der Waals surface area contributed by atoms with Crippen LogP contribution in [0.3, 0.4) is 0 Å². The molecule has 0 spiro atoms. The van der Waals surface area contributed by atoms with Crippen LogP contribution < -0.4 is 11.1 Å². The number of rotatable bonds is 5. The summed E-state index contributed by atoms with van der Waals surface area (Å²) in [7, 11) is 0. The smallest absolute Gasteiger partial charge is 0.241 e. The lowest BCUT2D eigenvalue weighted by molar-refractivity contribution is -0.117. The summed E-state index contributed by atoms with van der Waals surface area (Å²) in [6, 6.07) is 2.90. The van der Waals surface area contributed by atoms with Crippen molar-refractivity contribution in [3.63, 3.8) is 0 Å². The maximum absolute atomic E-state index is 11.9. The van der Waals surface area contributed by atoms with Crippen LogP contribution in [0.4, 0.5) is 5.69 Å². The average Bonchev–Trinajstić information content (AvgIpc) is 2.32. The van der Waals surface area contributed by atoms with E-state index in [0.717, 1.165) is 16.9 Å². The summed E-state index contributed by atoms with van der Waals surface area (Å²) >= 11 is 1.67. The number of carbonyl (C=O) groups excluding carboxylic acids is 1. The summed E-state index contributed by atoms with van der Waals surface area (Å²) in [5.74, 6) is 0.914. The van der Waals surface area contributed by atoms with Crippen molar-refractivity contribution in [2.75, 3.05) is 17.3 Å². The molecule has 1 atom stereocenters. The number of aryl methyl sites for hydroxylation is 2. The number of thioether (sulfide) groups is 1. The van der Waals surface area contributed by atoms with Gasteiger partial charge in [0.2, 0.25) is 5.91 Å². The number of hydrogen-bond donors (Lipinski definition) is 3. The van der Waals surface area contributed by atoms with Gasteiger partial charge >= 0.3 is 0 Å². The van der Waals surface area contributed by atoms with Crippen LogP contribution in [0.1, 0.15) is 17.5 Å². The zero-order valence-electron chi connectivity index (χ0n) is 11.0. The number of hydrogen-bond acceptors (Lipinski definition) is 4. The zero-order valence-corrected chi connectivity index (χ0v) is 11.8. The number of nitrogens with one attached hydrogen (secondary N) is 1. The quantitative estimate of drug-likeness (QED) is 0.714. The minimum atomic E-state index is -0.494. The molecule has 18 heavy (non-hydrogen) atoms. The molecule has 5 heteroatoms. The number of anilines is 1. The summed E-state index contributed by atoms with van der Waals surface area (Å²) in [6.45, 7) is 3.63. The molecule has 0 saturated carbocycles. The molecule has 0 aliphatic carbocycles. The van der Waals surface area contributed by atoms with Crippen molar-refractivity contribution in [3.8, 4) is 5.75 Å². The molecule has 0 unspecified atom stereocenters. The fraction of sp³-hybridized carbons (Fsp3) is 0.462. The number of benzene rings is 1. The molecular weight excluding hydrogens is 248 g/mol. The van der Waals surface area contributed by atoms with E-state index in [2.05, 4.69) is 5.32 Å². The molecule has 0 heterocycles. The van der Waals surface area contributed by atoms with Crippen LogP contribution in [0, 0.1) is 13.8 Å². The van der Waals surface area contributed by atoms with E-state index in [4.69, 9.17) is 5.73 Å². The summed E-state index contributed by atoms with van der Waals surface area (Å²) in [5, 5.41) is 12.3. The molecule has 0 aliphatic heterocycles. The normalized spacial score (nSPS) is 12.2. The van der Waals surface area contributed by atoms with E-state index < -0.39 is 6.04 Å². The Morgan fingerprint density at radius 2 is 2.11 bits per heavy atom. The van der Waals surface area contributed by atoms with E-state index in [9.17, 15) is 9.90 Å². The first-order chi connectivity index (χ1) is 8.45. The van der Waals surface area contributed by atoms with Gasteiger partial charge in [0.05, 0.1) is 6.04 Å². The first-order valence-electron chi connectivity index (χ1n) is 5.81. The highest BCUT2D eigenvalue weighted by molar-refractivity contribution is 7.98. The summed E-state index contributed by atoms with van der Waals surface area (Å²) in [5.41, 5.74) is 8.05. The summed E-state index contributed by atoms with van der Waals surface area (Å²) in [4.78, 5) is 11.9. The van der Waals surface area contributed by atoms with Crippen LogP contribution in [0.25, 0.3) is 0 Å². The van der Waals surface area contributed by atoms with Crippen LogP contribution in [0.5, 0.6) is 5.75 Å². The van der Waals surface area contributed by atoms with Gasteiger partial charge in [-0.15, -0.1) is 0 Å². The Bertz CT molecular complexity index is 435. The Morgan fingerprint density at radius 1 is 1.44 bits per heavy atom. The Morgan fingerprint density at radius 3 is 2.72 bits per heavy atom. The molecule has 0 aliphatic rings. The Kier molecular flexibility index (Phi) is 5.50. The number of nitrogens with two attached hydrogens (primary N) is 1. The van der Waals surface area contributed by atoms with Gasteiger partial charge in [-0.3, -0.25) is 4.79 Å². The number of carbonyl (C=O) groups is 1.